The molecule has 1 amide bonds. The fourth-order valence-corrected chi connectivity index (χ4v) is 5.67. The highest BCUT2D eigenvalue weighted by atomic mass is 31.2. The topological polar surface area (TPSA) is 122 Å². The molecule has 0 aromatic rings. The highest BCUT2D eigenvalue weighted by molar-refractivity contribution is 7.50. The first-order valence-electron chi connectivity index (χ1n) is 17.7. The van der Waals surface area contributed by atoms with Gasteiger partial charge in [-0.05, 0) is 19.3 Å². The summed E-state index contributed by atoms with van der Waals surface area (Å²) in [5.41, 5.74) is 5.11. The third kappa shape index (κ3) is 30.7. The maximum atomic E-state index is 12.5. The number of hydrogen-bond acceptors (Lipinski definition) is 4. The average Bonchev–Trinajstić information content (AvgIpc) is 2.95. The third-order valence-corrected chi connectivity index (χ3v) is 8.53. The number of hydrogen-bond donors (Lipinski definition) is 4. The van der Waals surface area contributed by atoms with E-state index in [0.29, 0.717) is 6.42 Å². The van der Waals surface area contributed by atoms with Crippen LogP contribution in [0.2, 0.25) is 0 Å². The predicted octanol–water partition coefficient (Wildman–Crippen LogP) is 9.65. The fraction of sp³-hybridized carbons (Fsp3) is 0.912. The van der Waals surface area contributed by atoms with E-state index < -0.39 is 19.9 Å². The number of aliphatic hydroxyl groups excluding tert-OH is 1. The van der Waals surface area contributed by atoms with Gasteiger partial charge in [0.15, 0.2) is 0 Å². The summed E-state index contributed by atoms with van der Waals surface area (Å²) in [7, 11) is -4.20. The van der Waals surface area contributed by atoms with E-state index in [1.807, 2.05) is 6.08 Å². The van der Waals surface area contributed by atoms with E-state index in [1.54, 1.807) is 6.08 Å². The van der Waals surface area contributed by atoms with Crippen molar-refractivity contribution in [3.8, 4) is 0 Å². The van der Waals surface area contributed by atoms with Gasteiger partial charge in [0.2, 0.25) is 5.91 Å². The lowest BCUT2D eigenvalue weighted by Crippen LogP contribution is -2.45. The average molecular weight is 617 g/mol. The molecule has 7 nitrogen and oxygen atoms in total. The normalized spacial score (nSPS) is 14.7. The Morgan fingerprint density at radius 3 is 1.50 bits per heavy atom. The first kappa shape index (κ1) is 41.3. The zero-order chi connectivity index (χ0) is 31.2. The molecule has 0 saturated carbocycles. The number of amides is 1. The Morgan fingerprint density at radius 2 is 1.10 bits per heavy atom. The Kier molecular flexibility index (Phi) is 29.8. The first-order chi connectivity index (χ1) is 20.3. The van der Waals surface area contributed by atoms with Crippen molar-refractivity contribution in [3.05, 3.63) is 12.2 Å². The summed E-state index contributed by atoms with van der Waals surface area (Å²) in [5, 5.41) is 13.4. The maximum Gasteiger partial charge on any atom is 0.400 e. The molecule has 0 fully saturated rings. The zero-order valence-electron chi connectivity index (χ0n) is 27.5. The number of unbranched alkanes of at least 4 members (excludes halogenated alkanes) is 23. The molecule has 0 saturated heterocycles. The summed E-state index contributed by atoms with van der Waals surface area (Å²) in [4.78, 5) is 21.8. The molecular formula is C34H69N2O5P. The molecule has 0 aromatic carbocycles. The zero-order valence-corrected chi connectivity index (χ0v) is 28.4. The Morgan fingerprint density at radius 1 is 0.714 bits per heavy atom. The molecular weight excluding hydrogens is 547 g/mol. The second-order valence-corrected chi connectivity index (χ2v) is 13.7. The van der Waals surface area contributed by atoms with Crippen molar-refractivity contribution in [2.24, 2.45) is 5.50 Å². The molecule has 0 bridgehead atoms. The van der Waals surface area contributed by atoms with Gasteiger partial charge >= 0.3 is 7.75 Å². The molecule has 0 heterocycles. The second-order valence-electron chi connectivity index (χ2n) is 12.3. The van der Waals surface area contributed by atoms with Crippen LogP contribution in [0.3, 0.4) is 0 Å². The molecule has 3 atom stereocenters. The Labute approximate surface area is 259 Å². The molecule has 0 aliphatic rings. The molecule has 1 unspecified atom stereocenters. The van der Waals surface area contributed by atoms with Crippen LogP contribution in [0, 0.1) is 0 Å². The number of nitrogens with one attached hydrogen (secondary N) is 1. The largest absolute Gasteiger partial charge is 0.400 e. The first-order valence-corrected chi connectivity index (χ1v) is 19.3. The van der Waals surface area contributed by atoms with Gasteiger partial charge in [-0.15, -0.1) is 0 Å². The molecule has 0 aliphatic carbocycles. The highest BCUT2D eigenvalue weighted by Gasteiger charge is 2.23. The lowest BCUT2D eigenvalue weighted by Gasteiger charge is -2.22. The molecule has 0 aliphatic heterocycles. The summed E-state index contributed by atoms with van der Waals surface area (Å²) < 4.78 is 16.3. The summed E-state index contributed by atoms with van der Waals surface area (Å²) >= 11 is 0. The Balaban J connectivity index is 4.07. The van der Waals surface area contributed by atoms with Crippen molar-refractivity contribution in [3.63, 3.8) is 0 Å². The van der Waals surface area contributed by atoms with Crippen LogP contribution in [0.25, 0.3) is 0 Å². The third-order valence-electron chi connectivity index (χ3n) is 8.01. The van der Waals surface area contributed by atoms with E-state index >= 15 is 0 Å². The van der Waals surface area contributed by atoms with Crippen molar-refractivity contribution in [1.82, 2.24) is 5.32 Å². The lowest BCUT2D eigenvalue weighted by molar-refractivity contribution is -0.122. The minimum Gasteiger partial charge on any atom is -0.387 e. The van der Waals surface area contributed by atoms with Gasteiger partial charge < -0.3 is 15.3 Å². The van der Waals surface area contributed by atoms with Gasteiger partial charge in [0.1, 0.15) is 0 Å². The quantitative estimate of drug-likeness (QED) is 0.0339. The van der Waals surface area contributed by atoms with Gasteiger partial charge in [-0.2, -0.15) is 0 Å². The van der Waals surface area contributed by atoms with Crippen molar-refractivity contribution in [2.45, 2.75) is 193 Å². The van der Waals surface area contributed by atoms with Crippen LogP contribution in [0.15, 0.2) is 12.2 Å². The van der Waals surface area contributed by atoms with Gasteiger partial charge in [-0.3, -0.25) is 9.32 Å². The van der Waals surface area contributed by atoms with E-state index in [9.17, 15) is 19.4 Å². The van der Waals surface area contributed by atoms with E-state index in [1.165, 1.54) is 128 Å². The van der Waals surface area contributed by atoms with Crippen molar-refractivity contribution in [1.29, 1.82) is 0 Å². The van der Waals surface area contributed by atoms with Crippen LogP contribution in [0.5, 0.6) is 0 Å². The summed E-state index contributed by atoms with van der Waals surface area (Å²) in [5.74, 6) is -0.186. The Hall–Kier alpha value is -0.720. The number of carbonyl (C=O) groups is 1. The number of rotatable bonds is 32. The van der Waals surface area contributed by atoms with Gasteiger partial charge in [0.25, 0.3) is 0 Å². The van der Waals surface area contributed by atoms with Gasteiger partial charge in [-0.25, -0.2) is 10.1 Å². The van der Waals surface area contributed by atoms with Gasteiger partial charge in [0, 0.05) is 6.42 Å². The molecule has 250 valence electrons. The van der Waals surface area contributed by atoms with Gasteiger partial charge in [-0.1, -0.05) is 167 Å². The molecule has 8 heteroatoms. The van der Waals surface area contributed by atoms with E-state index in [2.05, 4.69) is 19.2 Å². The van der Waals surface area contributed by atoms with Gasteiger partial charge in [0.05, 0.1) is 18.8 Å². The van der Waals surface area contributed by atoms with Crippen molar-refractivity contribution >= 4 is 13.7 Å². The lowest BCUT2D eigenvalue weighted by atomic mass is 10.0. The molecule has 0 radical (unpaired) electrons. The SMILES string of the molecule is CCCCCCCCCCCCC/C=C/[C@@H](O)[C@@H](COP(N)(=O)O)NC(=O)CCCCCCCCCCCCCCC. The van der Waals surface area contributed by atoms with Crippen LogP contribution >= 0.6 is 7.75 Å². The fourth-order valence-electron chi connectivity index (χ4n) is 5.29. The predicted molar refractivity (Wildman–Crippen MR) is 178 cm³/mol. The summed E-state index contributed by atoms with van der Waals surface area (Å²) in [6, 6.07) is -0.822. The van der Waals surface area contributed by atoms with Crippen molar-refractivity contribution in [2.75, 3.05) is 6.61 Å². The smallest absolute Gasteiger partial charge is 0.387 e. The number of aliphatic hydroxyl groups is 1. The summed E-state index contributed by atoms with van der Waals surface area (Å²) in [6.07, 6.45) is 34.1. The minimum atomic E-state index is -4.20. The van der Waals surface area contributed by atoms with Crippen LogP contribution in [-0.4, -0.2) is 34.7 Å². The van der Waals surface area contributed by atoms with Crippen LogP contribution in [0.1, 0.15) is 181 Å². The second kappa shape index (κ2) is 30.3. The van der Waals surface area contributed by atoms with E-state index in [4.69, 9.17) is 10.0 Å². The van der Waals surface area contributed by atoms with Crippen LogP contribution in [-0.2, 0) is 13.9 Å². The number of carbonyl (C=O) groups excluding carboxylic acids is 1. The summed E-state index contributed by atoms with van der Waals surface area (Å²) in [6.45, 7) is 4.18. The molecule has 42 heavy (non-hydrogen) atoms. The molecule has 0 rings (SSSR count). The number of allylic oxidation sites excluding steroid dienone is 1. The molecule has 0 spiro atoms. The van der Waals surface area contributed by atoms with E-state index in [0.717, 1.165) is 32.1 Å². The minimum absolute atomic E-state index is 0.186. The number of nitrogens with two attached hydrogens (primary N) is 1. The highest BCUT2D eigenvalue weighted by Crippen LogP contribution is 2.31. The molecule has 0 aromatic heterocycles. The van der Waals surface area contributed by atoms with Crippen molar-refractivity contribution < 1.29 is 23.9 Å². The van der Waals surface area contributed by atoms with E-state index in [-0.39, 0.29) is 12.5 Å². The van der Waals surface area contributed by atoms with Crippen LogP contribution < -0.4 is 10.8 Å². The molecule has 5 N–H and O–H groups in total. The Bertz CT molecular complexity index is 670. The van der Waals surface area contributed by atoms with Crippen LogP contribution in [0.4, 0.5) is 0 Å². The monoisotopic (exact) mass is 616 g/mol. The maximum absolute atomic E-state index is 12.5. The standard InChI is InChI=1S/C34H69N2O5P/c1-3-5-7-9-11-13-15-17-19-21-23-25-27-29-33(37)32(31-41-42(35,39)40)36-34(38)30-28-26-24-22-20-18-16-14-12-10-8-6-4-2/h27,29,32-33,37H,3-26,28,30-31H2,1-2H3,(H,36,38)(H3,35,39,40)/b29-27+/t32-,33-/m1/s1.